The second-order valence-corrected chi connectivity index (χ2v) is 11.8. The average Bonchev–Trinajstić information content (AvgIpc) is 2.72. The molecular weight excluding hydrogens is 466 g/mol. The fourth-order valence-corrected chi connectivity index (χ4v) is 6.10. The van der Waals surface area contributed by atoms with Gasteiger partial charge in [0.15, 0.2) is 11.6 Å². The monoisotopic (exact) mass is 497 g/mol. The van der Waals surface area contributed by atoms with Gasteiger partial charge >= 0.3 is 0 Å². The quantitative estimate of drug-likeness (QED) is 0.610. The van der Waals surface area contributed by atoms with E-state index in [1.165, 1.54) is 0 Å². The maximum absolute atomic E-state index is 13.6. The molecule has 1 heterocycles. The second-order valence-electron chi connectivity index (χ2n) is 11.4. The van der Waals surface area contributed by atoms with Gasteiger partial charge in [-0.05, 0) is 28.5 Å². The van der Waals surface area contributed by atoms with Crippen molar-refractivity contribution in [1.82, 2.24) is 0 Å². The number of benzene rings is 1. The average molecular weight is 498 g/mol. The molecule has 3 aliphatic rings. The Hall–Kier alpha value is -2.70. The highest BCUT2D eigenvalue weighted by Gasteiger charge is 2.52. The second kappa shape index (κ2) is 9.07. The van der Waals surface area contributed by atoms with E-state index >= 15 is 0 Å². The Bertz CT molecular complexity index is 1140. The Morgan fingerprint density at radius 1 is 1.09 bits per heavy atom. The molecule has 0 atom stereocenters. The van der Waals surface area contributed by atoms with Crippen molar-refractivity contribution < 1.29 is 29.1 Å². The van der Waals surface area contributed by atoms with E-state index in [2.05, 4.69) is 6.58 Å². The van der Waals surface area contributed by atoms with Crippen LogP contribution in [-0.4, -0.2) is 30.7 Å². The van der Waals surface area contributed by atoms with Crippen LogP contribution in [0.2, 0.25) is 5.02 Å². The maximum Gasteiger partial charge on any atom is 0.165 e. The van der Waals surface area contributed by atoms with E-state index < -0.39 is 11.9 Å². The smallest absolute Gasteiger partial charge is 0.165 e. The largest absolute Gasteiger partial charge is 0.544 e. The molecular formula is C28H32ClNO5. The number of Topliss-reactive ketones (excluding diaryl/α,β-unsaturated/α-hetero) is 2. The standard InChI is InChI=1S/C28H32ClNO5/c1-6-9-35-22-8-7-16(10-17(22)29)24-25-18(11-27(2,3)13-20(25)31)30(15-23(33)34)19-12-28(4,5)14-21(32)26(19)24/h6-8,10,24H,1,9,11-15H2,2-5H3,(H,33,34). The summed E-state index contributed by atoms with van der Waals surface area (Å²) in [5.74, 6) is -1.40. The first-order valence-electron chi connectivity index (χ1n) is 12.0. The van der Waals surface area contributed by atoms with Gasteiger partial charge < -0.3 is 14.6 Å². The topological polar surface area (TPSA) is 87.9 Å². The van der Waals surface area contributed by atoms with Gasteiger partial charge in [-0.1, -0.05) is 58.0 Å². The first-order valence-corrected chi connectivity index (χ1v) is 12.3. The minimum absolute atomic E-state index is 0.0515. The van der Waals surface area contributed by atoms with Gasteiger partial charge in [-0.15, -0.1) is 0 Å². The highest BCUT2D eigenvalue weighted by atomic mass is 35.5. The molecule has 0 unspecified atom stereocenters. The van der Waals surface area contributed by atoms with Crippen LogP contribution in [0.1, 0.15) is 64.9 Å². The summed E-state index contributed by atoms with van der Waals surface area (Å²) < 4.78 is 5.61. The normalized spacial score (nSPS) is 25.2. The molecule has 0 radical (unpaired) electrons. The van der Waals surface area contributed by atoms with E-state index in [1.807, 2.05) is 33.8 Å². The molecule has 4 rings (SSSR count). The zero-order valence-corrected chi connectivity index (χ0v) is 21.5. The van der Waals surface area contributed by atoms with Crippen LogP contribution in [0.25, 0.3) is 0 Å². The van der Waals surface area contributed by atoms with Crippen LogP contribution in [0, 0.1) is 10.8 Å². The molecule has 35 heavy (non-hydrogen) atoms. The fraction of sp³-hybridized carbons (Fsp3) is 0.464. The molecule has 0 spiro atoms. The molecule has 1 aromatic rings. The number of aliphatic carboxylic acids is 1. The predicted molar refractivity (Wildman–Crippen MR) is 131 cm³/mol. The number of carbonyl (C=O) groups is 3. The van der Waals surface area contributed by atoms with E-state index in [4.69, 9.17) is 16.3 Å². The van der Waals surface area contributed by atoms with Crippen molar-refractivity contribution in [2.24, 2.45) is 10.8 Å². The highest BCUT2D eigenvalue weighted by molar-refractivity contribution is 6.32. The molecule has 0 amide bonds. The van der Waals surface area contributed by atoms with Crippen molar-refractivity contribution in [2.45, 2.75) is 59.3 Å². The molecule has 1 aromatic carbocycles. The minimum Gasteiger partial charge on any atom is -0.544 e. The first kappa shape index (κ1) is 25.4. The zero-order valence-electron chi connectivity index (χ0n) is 20.8. The summed E-state index contributed by atoms with van der Waals surface area (Å²) in [6, 6.07) is 5.34. The van der Waals surface area contributed by atoms with Crippen LogP contribution in [0.5, 0.6) is 5.75 Å². The van der Waals surface area contributed by atoms with Crippen LogP contribution >= 0.6 is 11.6 Å². The van der Waals surface area contributed by atoms with Gasteiger partial charge in [0.05, 0.1) is 28.1 Å². The number of nitrogens with one attached hydrogen (secondary N) is 1. The summed E-state index contributed by atoms with van der Waals surface area (Å²) in [5, 5.41) is 12.2. The van der Waals surface area contributed by atoms with Crippen LogP contribution in [0.3, 0.4) is 0 Å². The van der Waals surface area contributed by atoms with Crippen molar-refractivity contribution >= 4 is 29.1 Å². The van der Waals surface area contributed by atoms with Crippen LogP contribution in [0.15, 0.2) is 53.4 Å². The summed E-state index contributed by atoms with van der Waals surface area (Å²) in [4.78, 5) is 39.7. The number of carboxylic acid groups (broad SMARTS) is 1. The number of allylic oxidation sites excluding steroid dienone is 4. The van der Waals surface area contributed by atoms with Gasteiger partial charge in [0.25, 0.3) is 0 Å². The fourth-order valence-electron chi connectivity index (χ4n) is 5.86. The maximum atomic E-state index is 13.6. The Balaban J connectivity index is 1.96. The lowest BCUT2D eigenvalue weighted by molar-refractivity contribution is -0.821. The molecule has 0 aromatic heterocycles. The number of rotatable bonds is 6. The molecule has 0 saturated carbocycles. The number of hydrogen-bond acceptors (Lipinski definition) is 5. The van der Waals surface area contributed by atoms with Crippen LogP contribution in [-0.2, 0) is 14.4 Å². The summed E-state index contributed by atoms with van der Waals surface area (Å²) in [6.45, 7) is 11.7. The van der Waals surface area contributed by atoms with Crippen molar-refractivity contribution in [3.63, 3.8) is 0 Å². The molecule has 7 heteroatoms. The lowest BCUT2D eigenvalue weighted by Gasteiger charge is -2.45. The molecule has 0 bridgehead atoms. The van der Waals surface area contributed by atoms with Crippen molar-refractivity contribution in [3.8, 4) is 5.75 Å². The zero-order chi connectivity index (χ0) is 25.7. The summed E-state index contributed by atoms with van der Waals surface area (Å²) in [7, 11) is 0. The number of halogens is 1. The Morgan fingerprint density at radius 3 is 2.09 bits per heavy atom. The van der Waals surface area contributed by atoms with Crippen LogP contribution in [0.4, 0.5) is 0 Å². The number of ether oxygens (including phenoxy) is 1. The molecule has 2 aliphatic carbocycles. The number of quaternary nitrogens is 1. The molecule has 186 valence electrons. The number of hydrogen-bond donors (Lipinski definition) is 1. The van der Waals surface area contributed by atoms with Crippen molar-refractivity contribution in [1.29, 1.82) is 0 Å². The van der Waals surface area contributed by atoms with Gasteiger partial charge in [0.2, 0.25) is 0 Å². The first-order chi connectivity index (χ1) is 16.3. The third-order valence-electron chi connectivity index (χ3n) is 7.11. The number of carbonyl (C=O) groups excluding carboxylic acids is 3. The van der Waals surface area contributed by atoms with E-state index in [1.54, 1.807) is 18.2 Å². The number of carboxylic acids is 1. The van der Waals surface area contributed by atoms with Crippen molar-refractivity contribution in [3.05, 3.63) is 64.0 Å². The van der Waals surface area contributed by atoms with E-state index in [-0.39, 0.29) is 28.9 Å². The van der Waals surface area contributed by atoms with Crippen molar-refractivity contribution in [2.75, 3.05) is 13.2 Å². The molecule has 1 N–H and O–H groups in total. The molecule has 0 fully saturated rings. The molecule has 0 saturated heterocycles. The van der Waals surface area contributed by atoms with Gasteiger partial charge in [-0.3, -0.25) is 14.5 Å². The minimum atomic E-state index is -1.21. The van der Waals surface area contributed by atoms with E-state index in [9.17, 15) is 19.5 Å². The van der Waals surface area contributed by atoms with E-state index in [0.29, 0.717) is 59.1 Å². The van der Waals surface area contributed by atoms with Gasteiger partial charge in [-0.2, -0.15) is 0 Å². The summed E-state index contributed by atoms with van der Waals surface area (Å²) in [6.07, 6.45) is 3.41. The third kappa shape index (κ3) is 4.87. The van der Waals surface area contributed by atoms with Gasteiger partial charge in [-0.25, -0.2) is 0 Å². The predicted octanol–water partition coefficient (Wildman–Crippen LogP) is 2.92. The van der Waals surface area contributed by atoms with E-state index in [0.717, 1.165) is 17.0 Å². The molecule has 1 aliphatic heterocycles. The van der Waals surface area contributed by atoms with Crippen LogP contribution < -0.4 is 14.7 Å². The summed E-state index contributed by atoms with van der Waals surface area (Å²) >= 11 is 6.54. The summed E-state index contributed by atoms with van der Waals surface area (Å²) in [5.41, 5.74) is 2.68. The SMILES string of the molecule is C=CCOc1ccc(C2C3=C(CC(C)(C)CC3=O)[NH+](CC(=O)[O-])C3=C2C(=O)CC(C)(C)C3)cc1Cl. The van der Waals surface area contributed by atoms with Gasteiger partial charge in [0, 0.05) is 25.7 Å². The Morgan fingerprint density at radius 2 is 1.63 bits per heavy atom. The van der Waals surface area contributed by atoms with Gasteiger partial charge in [0.1, 0.15) is 30.3 Å². The third-order valence-corrected chi connectivity index (χ3v) is 7.41. The molecule has 6 nitrogen and oxygen atoms in total. The lowest BCUT2D eigenvalue weighted by Crippen LogP contribution is -3.11. The lowest BCUT2D eigenvalue weighted by atomic mass is 9.63. The Labute approximate surface area is 211 Å². The number of ketones is 2. The highest BCUT2D eigenvalue weighted by Crippen LogP contribution is 2.50. The Kier molecular flexibility index (Phi) is 6.58.